The number of benzene rings is 2. The standard InChI is InChI=1S/C22H21NO4/c24-21(14-26-22(25)20-13-15-6-7-16(20)12-15)23-17-8-10-19(11-9-17)27-18-4-2-1-3-5-18/h1-11,15-16,20H,12-14H2,(H,23,24). The van der Waals surface area contributed by atoms with Crippen LogP contribution in [0, 0.1) is 17.8 Å². The zero-order chi connectivity index (χ0) is 18.6. The third kappa shape index (κ3) is 4.19. The molecule has 2 aliphatic rings. The maximum atomic E-state index is 12.2. The zero-order valence-electron chi connectivity index (χ0n) is 14.8. The van der Waals surface area contributed by atoms with Gasteiger partial charge in [0.05, 0.1) is 5.92 Å². The summed E-state index contributed by atoms with van der Waals surface area (Å²) in [5, 5.41) is 2.73. The second-order valence-corrected chi connectivity index (χ2v) is 6.98. The van der Waals surface area contributed by atoms with Gasteiger partial charge in [-0.2, -0.15) is 0 Å². The largest absolute Gasteiger partial charge is 0.457 e. The lowest BCUT2D eigenvalue weighted by molar-refractivity contribution is -0.152. The zero-order valence-corrected chi connectivity index (χ0v) is 14.8. The van der Waals surface area contributed by atoms with Gasteiger partial charge < -0.3 is 14.8 Å². The summed E-state index contributed by atoms with van der Waals surface area (Å²) < 4.78 is 10.9. The fourth-order valence-electron chi connectivity index (χ4n) is 3.72. The highest BCUT2D eigenvalue weighted by Crippen LogP contribution is 2.43. The summed E-state index contributed by atoms with van der Waals surface area (Å²) in [6.07, 6.45) is 6.14. The maximum Gasteiger partial charge on any atom is 0.310 e. The van der Waals surface area contributed by atoms with Crippen molar-refractivity contribution < 1.29 is 19.1 Å². The smallest absolute Gasteiger partial charge is 0.310 e. The molecule has 5 nitrogen and oxygen atoms in total. The van der Waals surface area contributed by atoms with Crippen molar-refractivity contribution in [2.45, 2.75) is 12.8 Å². The van der Waals surface area contributed by atoms with E-state index in [1.54, 1.807) is 24.3 Å². The number of nitrogens with one attached hydrogen (secondary N) is 1. The van der Waals surface area contributed by atoms with E-state index in [-0.39, 0.29) is 30.3 Å². The second-order valence-electron chi connectivity index (χ2n) is 6.98. The fourth-order valence-corrected chi connectivity index (χ4v) is 3.72. The lowest BCUT2D eigenvalue weighted by Crippen LogP contribution is -2.26. The average Bonchev–Trinajstić information content (AvgIpc) is 3.32. The Labute approximate surface area is 158 Å². The number of esters is 1. The summed E-state index contributed by atoms with van der Waals surface area (Å²) in [5.41, 5.74) is 0.624. The molecule has 1 N–H and O–H groups in total. The van der Waals surface area contributed by atoms with Gasteiger partial charge in [0.1, 0.15) is 11.5 Å². The molecule has 0 spiro atoms. The first-order valence-corrected chi connectivity index (χ1v) is 9.15. The van der Waals surface area contributed by atoms with Gasteiger partial charge in [-0.15, -0.1) is 0 Å². The number of rotatable bonds is 6. The molecular formula is C22H21NO4. The van der Waals surface area contributed by atoms with Gasteiger partial charge in [0.25, 0.3) is 5.91 Å². The van der Waals surface area contributed by atoms with Crippen molar-refractivity contribution in [2.75, 3.05) is 11.9 Å². The van der Waals surface area contributed by atoms with E-state index in [0.29, 0.717) is 17.4 Å². The van der Waals surface area contributed by atoms with E-state index in [2.05, 4.69) is 17.5 Å². The van der Waals surface area contributed by atoms with Crippen molar-refractivity contribution in [2.24, 2.45) is 17.8 Å². The predicted octanol–water partition coefficient (Wildman–Crippen LogP) is 4.17. The topological polar surface area (TPSA) is 64.6 Å². The molecule has 2 bridgehead atoms. The maximum absolute atomic E-state index is 12.2. The summed E-state index contributed by atoms with van der Waals surface area (Å²) in [5.74, 6) is 1.49. The van der Waals surface area contributed by atoms with Gasteiger partial charge in [0.2, 0.25) is 0 Å². The summed E-state index contributed by atoms with van der Waals surface area (Å²) >= 11 is 0. The van der Waals surface area contributed by atoms with Crippen molar-refractivity contribution in [3.05, 3.63) is 66.7 Å². The number of hydrogen-bond acceptors (Lipinski definition) is 4. The van der Waals surface area contributed by atoms with Gasteiger partial charge >= 0.3 is 5.97 Å². The van der Waals surface area contributed by atoms with Crippen LogP contribution in [0.4, 0.5) is 5.69 Å². The third-order valence-electron chi connectivity index (χ3n) is 5.04. The molecule has 27 heavy (non-hydrogen) atoms. The summed E-state index contributed by atoms with van der Waals surface area (Å²) in [7, 11) is 0. The molecule has 3 atom stereocenters. The number of amides is 1. The number of carbonyl (C=O) groups is 2. The molecule has 0 aromatic heterocycles. The molecule has 138 valence electrons. The Morgan fingerprint density at radius 1 is 0.926 bits per heavy atom. The minimum absolute atomic E-state index is 0.0952. The van der Waals surface area contributed by atoms with Crippen molar-refractivity contribution in [1.82, 2.24) is 0 Å². The van der Waals surface area contributed by atoms with Gasteiger partial charge in [-0.3, -0.25) is 9.59 Å². The van der Waals surface area contributed by atoms with E-state index in [9.17, 15) is 9.59 Å². The van der Waals surface area contributed by atoms with Crippen molar-refractivity contribution in [3.63, 3.8) is 0 Å². The molecule has 4 rings (SSSR count). The van der Waals surface area contributed by atoms with Crippen LogP contribution in [0.2, 0.25) is 0 Å². The Morgan fingerprint density at radius 2 is 1.67 bits per heavy atom. The molecule has 0 aliphatic heterocycles. The molecule has 0 radical (unpaired) electrons. The van der Waals surface area contributed by atoms with Crippen molar-refractivity contribution in [3.8, 4) is 11.5 Å². The van der Waals surface area contributed by atoms with E-state index < -0.39 is 0 Å². The normalized spacial score (nSPS) is 22.4. The minimum Gasteiger partial charge on any atom is -0.457 e. The quantitative estimate of drug-likeness (QED) is 0.618. The first-order valence-electron chi connectivity index (χ1n) is 9.15. The lowest BCUT2D eigenvalue weighted by atomic mass is 9.94. The molecular weight excluding hydrogens is 342 g/mol. The number of ether oxygens (including phenoxy) is 2. The Kier molecular flexibility index (Phi) is 4.92. The number of anilines is 1. The first-order chi connectivity index (χ1) is 13.2. The van der Waals surface area contributed by atoms with Gasteiger partial charge in [0, 0.05) is 5.69 Å². The van der Waals surface area contributed by atoms with E-state index in [4.69, 9.17) is 9.47 Å². The van der Waals surface area contributed by atoms with Crippen molar-refractivity contribution >= 4 is 17.6 Å². The van der Waals surface area contributed by atoms with Gasteiger partial charge in [-0.25, -0.2) is 0 Å². The minimum atomic E-state index is -0.348. The summed E-state index contributed by atoms with van der Waals surface area (Å²) in [4.78, 5) is 24.2. The monoisotopic (exact) mass is 363 g/mol. The molecule has 1 saturated carbocycles. The number of carbonyl (C=O) groups excluding carboxylic acids is 2. The van der Waals surface area contributed by atoms with Crippen LogP contribution < -0.4 is 10.1 Å². The highest BCUT2D eigenvalue weighted by Gasteiger charge is 2.40. The van der Waals surface area contributed by atoms with E-state index >= 15 is 0 Å². The van der Waals surface area contributed by atoms with Crippen molar-refractivity contribution in [1.29, 1.82) is 0 Å². The van der Waals surface area contributed by atoms with Crippen LogP contribution in [0.3, 0.4) is 0 Å². The van der Waals surface area contributed by atoms with E-state index in [0.717, 1.165) is 18.6 Å². The van der Waals surface area contributed by atoms with Gasteiger partial charge in [0.15, 0.2) is 6.61 Å². The molecule has 1 amide bonds. The highest BCUT2D eigenvalue weighted by molar-refractivity contribution is 5.93. The van der Waals surface area contributed by atoms with Crippen LogP contribution in [-0.4, -0.2) is 18.5 Å². The number of allylic oxidation sites excluding steroid dienone is 2. The van der Waals surface area contributed by atoms with Crippen LogP contribution in [0.15, 0.2) is 66.7 Å². The average molecular weight is 363 g/mol. The highest BCUT2D eigenvalue weighted by atomic mass is 16.5. The van der Waals surface area contributed by atoms with Crippen LogP contribution in [0.1, 0.15) is 12.8 Å². The van der Waals surface area contributed by atoms with Gasteiger partial charge in [-0.05, 0) is 61.1 Å². The Balaban J connectivity index is 1.24. The number of para-hydroxylation sites is 1. The number of hydrogen-bond donors (Lipinski definition) is 1. The number of fused-ring (bicyclic) bond motifs is 2. The fraction of sp³-hybridized carbons (Fsp3) is 0.273. The van der Waals surface area contributed by atoms with E-state index in [1.807, 2.05) is 30.3 Å². The Bertz CT molecular complexity index is 844. The lowest BCUT2D eigenvalue weighted by Gasteiger charge is -2.16. The Morgan fingerprint density at radius 3 is 2.33 bits per heavy atom. The SMILES string of the molecule is O=C(COC(=O)C1CC2C=CC1C2)Nc1ccc(Oc2ccccc2)cc1. The summed E-state index contributed by atoms with van der Waals surface area (Å²) in [6.45, 7) is -0.265. The molecule has 2 aliphatic carbocycles. The predicted molar refractivity (Wildman–Crippen MR) is 101 cm³/mol. The summed E-state index contributed by atoms with van der Waals surface area (Å²) in [6, 6.07) is 16.5. The van der Waals surface area contributed by atoms with Crippen LogP contribution in [0.25, 0.3) is 0 Å². The molecule has 0 heterocycles. The van der Waals surface area contributed by atoms with E-state index in [1.165, 1.54) is 0 Å². The molecule has 5 heteroatoms. The molecule has 2 aromatic rings. The molecule has 3 unspecified atom stereocenters. The first kappa shape index (κ1) is 17.3. The Hall–Kier alpha value is -3.08. The van der Waals surface area contributed by atoms with Gasteiger partial charge in [-0.1, -0.05) is 30.4 Å². The molecule has 2 aromatic carbocycles. The molecule has 1 fully saturated rings. The molecule has 0 saturated heterocycles. The second kappa shape index (κ2) is 7.66. The van der Waals surface area contributed by atoms with Crippen LogP contribution in [0.5, 0.6) is 11.5 Å². The third-order valence-corrected chi connectivity index (χ3v) is 5.04. The van der Waals surface area contributed by atoms with Crippen LogP contribution in [-0.2, 0) is 14.3 Å². The van der Waals surface area contributed by atoms with Crippen LogP contribution >= 0.6 is 0 Å².